The van der Waals surface area contributed by atoms with Gasteiger partial charge >= 0.3 is 0 Å². The van der Waals surface area contributed by atoms with Crippen molar-refractivity contribution in [3.8, 4) is 5.88 Å². The predicted molar refractivity (Wildman–Crippen MR) is 106 cm³/mol. The quantitative estimate of drug-likeness (QED) is 0.674. The number of ether oxygens (including phenoxy) is 2. The predicted octanol–water partition coefficient (Wildman–Crippen LogP) is 2.12. The van der Waals surface area contributed by atoms with Gasteiger partial charge in [-0.25, -0.2) is 4.98 Å². The third kappa shape index (κ3) is 6.57. The third-order valence-corrected chi connectivity index (χ3v) is 6.23. The monoisotopic (exact) mass is 396 g/mol. The Balaban J connectivity index is 1.58. The number of rotatable bonds is 8. The number of aromatic nitrogens is 2. The molecular formula is C19H32N4O3S. The SMILES string of the molecule is C[S+]([O-])NC1CCCN(COc2cnccn2)C1CO[C@H]1CC[C@@H](C)CC1. The first kappa shape index (κ1) is 20.8. The maximum atomic E-state index is 11.8. The molecule has 1 saturated carbocycles. The molecule has 3 atom stereocenters. The van der Waals surface area contributed by atoms with Gasteiger partial charge in [-0.05, 0) is 44.4 Å². The zero-order chi connectivity index (χ0) is 19.1. The van der Waals surface area contributed by atoms with Crippen molar-refractivity contribution >= 4 is 11.4 Å². The van der Waals surface area contributed by atoms with Gasteiger partial charge in [-0.2, -0.15) is 0 Å². The Hall–Kier alpha value is -0.930. The fourth-order valence-corrected chi connectivity index (χ4v) is 4.70. The highest BCUT2D eigenvalue weighted by Crippen LogP contribution is 2.27. The molecule has 3 unspecified atom stereocenters. The highest BCUT2D eigenvalue weighted by molar-refractivity contribution is 7.88. The van der Waals surface area contributed by atoms with Crippen LogP contribution in [-0.4, -0.2) is 63.7 Å². The van der Waals surface area contributed by atoms with Crippen LogP contribution in [0.5, 0.6) is 5.88 Å². The molecule has 1 aliphatic carbocycles. The summed E-state index contributed by atoms with van der Waals surface area (Å²) >= 11 is -1.05. The van der Waals surface area contributed by atoms with Crippen molar-refractivity contribution in [2.75, 3.05) is 26.1 Å². The Kier molecular flexibility index (Phi) is 8.14. The number of piperidine rings is 1. The summed E-state index contributed by atoms with van der Waals surface area (Å²) in [6, 6.07) is 0.274. The van der Waals surface area contributed by atoms with Crippen LogP contribution in [0, 0.1) is 5.92 Å². The van der Waals surface area contributed by atoms with Crippen LogP contribution in [0.2, 0.25) is 0 Å². The van der Waals surface area contributed by atoms with Crippen LogP contribution in [-0.2, 0) is 16.1 Å². The second-order valence-corrected chi connectivity index (χ2v) is 8.88. The van der Waals surface area contributed by atoms with Gasteiger partial charge in [-0.15, -0.1) is 4.72 Å². The molecule has 2 aliphatic rings. The van der Waals surface area contributed by atoms with Gasteiger partial charge in [0.1, 0.15) is 13.0 Å². The van der Waals surface area contributed by atoms with E-state index in [9.17, 15) is 4.55 Å². The van der Waals surface area contributed by atoms with E-state index in [0.29, 0.717) is 25.3 Å². The van der Waals surface area contributed by atoms with E-state index in [0.717, 1.165) is 38.1 Å². The molecule has 3 rings (SSSR count). The summed E-state index contributed by atoms with van der Waals surface area (Å²) in [7, 11) is 0. The molecule has 2 heterocycles. The van der Waals surface area contributed by atoms with Gasteiger partial charge < -0.3 is 14.0 Å². The van der Waals surface area contributed by atoms with Gasteiger partial charge in [0.25, 0.3) is 0 Å². The number of hydrogen-bond donors (Lipinski definition) is 1. The van der Waals surface area contributed by atoms with Crippen molar-refractivity contribution in [1.82, 2.24) is 19.6 Å². The molecule has 0 bridgehead atoms. The molecule has 2 fully saturated rings. The molecule has 1 N–H and O–H groups in total. The molecule has 1 aliphatic heterocycles. The average Bonchev–Trinajstić information content (AvgIpc) is 2.67. The number of likely N-dealkylation sites (tertiary alicyclic amines) is 1. The largest absolute Gasteiger partial charge is 0.598 e. The summed E-state index contributed by atoms with van der Waals surface area (Å²) in [5.74, 6) is 1.33. The van der Waals surface area contributed by atoms with Crippen molar-refractivity contribution in [2.24, 2.45) is 5.92 Å². The standard InChI is InChI=1S/C19H32N4O3S/c1-15-5-7-16(8-6-15)25-13-18-17(22-27(2)24)4-3-11-23(18)14-26-19-12-20-9-10-21-19/h9-10,12,15-18,22H,3-8,11,13-14H2,1-2H3/t15-,16+,17?,18?,27?. The Bertz CT molecular complexity index is 543. The van der Waals surface area contributed by atoms with Crippen molar-refractivity contribution < 1.29 is 14.0 Å². The minimum Gasteiger partial charge on any atom is -0.598 e. The molecule has 1 aromatic rings. The van der Waals surface area contributed by atoms with E-state index in [1.165, 1.54) is 12.8 Å². The molecule has 0 aromatic carbocycles. The zero-order valence-electron chi connectivity index (χ0n) is 16.4. The zero-order valence-corrected chi connectivity index (χ0v) is 17.2. The Labute approximate surface area is 165 Å². The molecule has 0 amide bonds. The second-order valence-electron chi connectivity index (χ2n) is 7.73. The van der Waals surface area contributed by atoms with Crippen LogP contribution in [0.25, 0.3) is 0 Å². The minimum absolute atomic E-state index is 0.137. The summed E-state index contributed by atoms with van der Waals surface area (Å²) in [6.45, 7) is 4.32. The molecule has 0 spiro atoms. The summed E-state index contributed by atoms with van der Waals surface area (Å²) in [5, 5.41) is 0. The first-order valence-corrected chi connectivity index (χ1v) is 11.5. The Morgan fingerprint density at radius 3 is 2.78 bits per heavy atom. The van der Waals surface area contributed by atoms with Gasteiger partial charge in [-0.1, -0.05) is 6.92 Å². The number of hydrogen-bond acceptors (Lipinski definition) is 7. The smallest absolute Gasteiger partial charge is 0.233 e. The minimum atomic E-state index is -1.05. The van der Waals surface area contributed by atoms with E-state index >= 15 is 0 Å². The molecule has 8 heteroatoms. The van der Waals surface area contributed by atoms with E-state index in [2.05, 4.69) is 26.5 Å². The molecule has 0 radical (unpaired) electrons. The van der Waals surface area contributed by atoms with E-state index in [1.807, 2.05) is 0 Å². The molecule has 1 aromatic heterocycles. The molecule has 152 valence electrons. The molecule has 27 heavy (non-hydrogen) atoms. The summed E-state index contributed by atoms with van der Waals surface area (Å²) in [6.07, 6.45) is 13.7. The summed E-state index contributed by atoms with van der Waals surface area (Å²) in [4.78, 5) is 10.5. The normalized spacial score (nSPS) is 30.8. The third-order valence-electron chi connectivity index (χ3n) is 5.59. The van der Waals surface area contributed by atoms with Crippen LogP contribution in [0.1, 0.15) is 45.4 Å². The molecular weight excluding hydrogens is 364 g/mol. The fourth-order valence-electron chi connectivity index (χ4n) is 4.00. The van der Waals surface area contributed by atoms with E-state index in [-0.39, 0.29) is 12.1 Å². The first-order valence-electron chi connectivity index (χ1n) is 9.96. The number of nitrogens with one attached hydrogen (secondary N) is 1. The van der Waals surface area contributed by atoms with Crippen molar-refractivity contribution in [2.45, 2.75) is 63.6 Å². The lowest BCUT2D eigenvalue weighted by Gasteiger charge is -2.41. The summed E-state index contributed by atoms with van der Waals surface area (Å²) < 4.78 is 27.1. The van der Waals surface area contributed by atoms with Gasteiger partial charge in [0.05, 0.1) is 31.0 Å². The molecule has 7 nitrogen and oxygen atoms in total. The van der Waals surface area contributed by atoms with Crippen molar-refractivity contribution in [3.05, 3.63) is 18.6 Å². The lowest BCUT2D eigenvalue weighted by atomic mass is 9.89. The maximum Gasteiger partial charge on any atom is 0.233 e. The fraction of sp³-hybridized carbons (Fsp3) is 0.789. The van der Waals surface area contributed by atoms with Crippen LogP contribution < -0.4 is 9.46 Å². The van der Waals surface area contributed by atoms with Crippen molar-refractivity contribution in [1.29, 1.82) is 0 Å². The lowest BCUT2D eigenvalue weighted by Crippen LogP contribution is -2.58. The van der Waals surface area contributed by atoms with E-state index in [4.69, 9.17) is 9.47 Å². The van der Waals surface area contributed by atoms with E-state index < -0.39 is 11.4 Å². The number of nitrogens with zero attached hydrogens (tertiary/aromatic N) is 3. The average molecular weight is 397 g/mol. The van der Waals surface area contributed by atoms with Crippen molar-refractivity contribution in [3.63, 3.8) is 0 Å². The van der Waals surface area contributed by atoms with Crippen LogP contribution in [0.3, 0.4) is 0 Å². The van der Waals surface area contributed by atoms with E-state index in [1.54, 1.807) is 24.8 Å². The Morgan fingerprint density at radius 1 is 1.26 bits per heavy atom. The van der Waals surface area contributed by atoms with Crippen LogP contribution >= 0.6 is 0 Å². The van der Waals surface area contributed by atoms with Gasteiger partial charge in [-0.3, -0.25) is 9.88 Å². The second kappa shape index (κ2) is 10.6. The van der Waals surface area contributed by atoms with Gasteiger partial charge in [0.15, 0.2) is 0 Å². The highest BCUT2D eigenvalue weighted by atomic mass is 32.2. The van der Waals surface area contributed by atoms with Gasteiger partial charge in [0.2, 0.25) is 5.88 Å². The summed E-state index contributed by atoms with van der Waals surface area (Å²) in [5.41, 5.74) is 0. The van der Waals surface area contributed by atoms with Crippen LogP contribution in [0.4, 0.5) is 0 Å². The molecule has 1 saturated heterocycles. The Morgan fingerprint density at radius 2 is 2.07 bits per heavy atom. The van der Waals surface area contributed by atoms with Crippen LogP contribution in [0.15, 0.2) is 18.6 Å². The first-order chi connectivity index (χ1) is 13.1. The maximum absolute atomic E-state index is 11.8. The lowest BCUT2D eigenvalue weighted by molar-refractivity contribution is -0.0472. The highest BCUT2D eigenvalue weighted by Gasteiger charge is 2.35. The topological polar surface area (TPSA) is 82.6 Å². The van der Waals surface area contributed by atoms with Gasteiger partial charge in [0, 0.05) is 30.3 Å².